The maximum Gasteiger partial charge on any atom is 0.330 e. The lowest BCUT2D eigenvalue weighted by atomic mass is 9.77. The van der Waals surface area contributed by atoms with Gasteiger partial charge in [-0.3, -0.25) is 19.1 Å². The predicted octanol–water partition coefficient (Wildman–Crippen LogP) is 0.537. The van der Waals surface area contributed by atoms with Gasteiger partial charge in [0, 0.05) is 12.3 Å². The number of nitrogens with zero attached hydrogens (tertiary/aromatic N) is 1. The molecule has 2 fully saturated rings. The highest BCUT2D eigenvalue weighted by Crippen LogP contribution is 2.34. The number of ether oxygens (including phenoxy) is 2. The first kappa shape index (κ1) is 17.9. The molecule has 0 aromatic carbocycles. The van der Waals surface area contributed by atoms with Crippen LogP contribution in [-0.4, -0.2) is 41.3 Å². The Bertz CT molecular complexity index is 719. The first-order valence-electron chi connectivity index (χ1n) is 8.89. The van der Waals surface area contributed by atoms with Gasteiger partial charge in [0.1, 0.15) is 12.8 Å². The van der Waals surface area contributed by atoms with Gasteiger partial charge in [0.05, 0.1) is 11.5 Å². The summed E-state index contributed by atoms with van der Waals surface area (Å²) in [5.41, 5.74) is -1.31. The van der Waals surface area contributed by atoms with E-state index in [1.54, 1.807) is 0 Å². The Kier molecular flexibility index (Phi) is 5.39. The normalized spacial score (nSPS) is 25.6. The second-order valence-corrected chi connectivity index (χ2v) is 6.79. The van der Waals surface area contributed by atoms with Crippen LogP contribution in [0.4, 0.5) is 0 Å². The van der Waals surface area contributed by atoms with E-state index >= 15 is 0 Å². The molecule has 2 N–H and O–H groups in total. The van der Waals surface area contributed by atoms with Gasteiger partial charge >= 0.3 is 11.7 Å². The Hall–Kier alpha value is -1.93. The molecule has 2 saturated heterocycles. The lowest BCUT2D eigenvalue weighted by Crippen LogP contribution is -2.43. The molecular weight excluding hydrogens is 326 g/mol. The lowest BCUT2D eigenvalue weighted by molar-refractivity contribution is -0.162. The molecule has 2 aliphatic heterocycles. The van der Waals surface area contributed by atoms with Crippen molar-refractivity contribution in [3.05, 3.63) is 33.1 Å². The zero-order chi connectivity index (χ0) is 17.9. The minimum atomic E-state index is -0.491. The van der Waals surface area contributed by atoms with Crippen molar-refractivity contribution in [1.82, 2.24) is 14.9 Å². The third-order valence-electron chi connectivity index (χ3n) is 5.32. The van der Waals surface area contributed by atoms with Crippen molar-refractivity contribution < 1.29 is 14.3 Å². The Morgan fingerprint density at radius 1 is 1.36 bits per heavy atom. The van der Waals surface area contributed by atoms with Crippen LogP contribution in [0.15, 0.2) is 21.9 Å². The van der Waals surface area contributed by atoms with Crippen molar-refractivity contribution in [3.63, 3.8) is 0 Å². The minimum absolute atomic E-state index is 0.148. The smallest absolute Gasteiger partial charge is 0.330 e. The van der Waals surface area contributed by atoms with Crippen LogP contribution in [0.5, 0.6) is 0 Å². The fraction of sp³-hybridized carbons (Fsp3) is 0.706. The molecule has 0 aliphatic carbocycles. The van der Waals surface area contributed by atoms with Crippen molar-refractivity contribution in [1.29, 1.82) is 0 Å². The first-order valence-corrected chi connectivity index (χ1v) is 8.89. The number of H-pyrrole nitrogens is 1. The summed E-state index contributed by atoms with van der Waals surface area (Å²) >= 11 is 0. The molecule has 0 radical (unpaired) electrons. The number of aromatic amines is 1. The quantitative estimate of drug-likeness (QED) is 0.751. The van der Waals surface area contributed by atoms with Gasteiger partial charge in [-0.2, -0.15) is 0 Å². The van der Waals surface area contributed by atoms with Crippen molar-refractivity contribution >= 4 is 5.97 Å². The fourth-order valence-corrected chi connectivity index (χ4v) is 3.60. The van der Waals surface area contributed by atoms with Gasteiger partial charge in [0.2, 0.25) is 0 Å². The van der Waals surface area contributed by atoms with Crippen LogP contribution in [0.3, 0.4) is 0 Å². The van der Waals surface area contributed by atoms with Gasteiger partial charge in [-0.15, -0.1) is 0 Å². The molecule has 3 heterocycles. The Morgan fingerprint density at radius 2 is 2.12 bits per heavy atom. The zero-order valence-corrected chi connectivity index (χ0v) is 14.5. The van der Waals surface area contributed by atoms with E-state index < -0.39 is 17.5 Å². The number of piperidine rings is 1. The molecule has 8 heteroatoms. The minimum Gasteiger partial charge on any atom is -0.462 e. The van der Waals surface area contributed by atoms with Crippen LogP contribution in [-0.2, 0) is 14.3 Å². The van der Waals surface area contributed by atoms with Gasteiger partial charge in [-0.05, 0) is 45.2 Å². The van der Waals surface area contributed by atoms with Crippen LogP contribution in [0.25, 0.3) is 0 Å². The number of hydrogen-bond donors (Lipinski definition) is 2. The maximum atomic E-state index is 12.6. The van der Waals surface area contributed by atoms with Gasteiger partial charge in [-0.25, -0.2) is 4.79 Å². The van der Waals surface area contributed by atoms with E-state index in [-0.39, 0.29) is 24.1 Å². The molecule has 2 atom stereocenters. The van der Waals surface area contributed by atoms with Crippen LogP contribution in [0.2, 0.25) is 0 Å². The molecule has 0 amide bonds. The number of nitrogens with one attached hydrogen (secondary N) is 2. The van der Waals surface area contributed by atoms with E-state index in [1.165, 1.54) is 16.8 Å². The number of carbonyl (C=O) groups excluding carboxylic acids is 1. The second kappa shape index (κ2) is 7.53. The van der Waals surface area contributed by atoms with Crippen LogP contribution in [0.1, 0.15) is 45.3 Å². The van der Waals surface area contributed by atoms with Crippen LogP contribution >= 0.6 is 0 Å². The molecule has 8 nitrogen and oxygen atoms in total. The molecular formula is C17H25N3O5. The Labute approximate surface area is 145 Å². The van der Waals surface area contributed by atoms with Gasteiger partial charge in [0.25, 0.3) is 5.56 Å². The van der Waals surface area contributed by atoms with Gasteiger partial charge in [-0.1, -0.05) is 6.92 Å². The van der Waals surface area contributed by atoms with Crippen LogP contribution in [0, 0.1) is 5.41 Å². The summed E-state index contributed by atoms with van der Waals surface area (Å²) in [6, 6.07) is 1.29. The molecule has 0 spiro atoms. The van der Waals surface area contributed by atoms with Crippen molar-refractivity contribution in [2.45, 2.75) is 51.4 Å². The predicted molar refractivity (Wildman–Crippen MR) is 90.3 cm³/mol. The van der Waals surface area contributed by atoms with E-state index in [2.05, 4.69) is 10.3 Å². The highest BCUT2D eigenvalue weighted by molar-refractivity contribution is 5.77. The third kappa shape index (κ3) is 3.85. The SMILES string of the molecule is CCC1(C(=O)OCC2CCC(n3ccc(=O)[nH]c3=O)O2)CCNCC1. The Balaban J connectivity index is 1.55. The average molecular weight is 351 g/mol. The molecule has 3 rings (SSSR count). The molecule has 25 heavy (non-hydrogen) atoms. The topological polar surface area (TPSA) is 102 Å². The maximum absolute atomic E-state index is 12.6. The van der Waals surface area contributed by atoms with E-state index in [1.807, 2.05) is 6.92 Å². The standard InChI is InChI=1S/C17H25N3O5/c1-2-17(6-8-18-9-7-17)15(22)24-11-12-3-4-14(25-12)20-10-5-13(21)19-16(20)23/h5,10,12,14,18H,2-4,6-9,11H2,1H3,(H,19,21,23). The summed E-state index contributed by atoms with van der Waals surface area (Å²) in [6.45, 7) is 3.89. The number of hydrogen-bond acceptors (Lipinski definition) is 6. The first-order chi connectivity index (χ1) is 12.0. The number of rotatable bonds is 5. The number of esters is 1. The highest BCUT2D eigenvalue weighted by atomic mass is 16.6. The van der Waals surface area contributed by atoms with E-state index in [0.29, 0.717) is 12.8 Å². The molecule has 138 valence electrons. The van der Waals surface area contributed by atoms with Gasteiger partial charge in [0.15, 0.2) is 0 Å². The summed E-state index contributed by atoms with van der Waals surface area (Å²) < 4.78 is 12.7. The zero-order valence-electron chi connectivity index (χ0n) is 14.5. The summed E-state index contributed by atoms with van der Waals surface area (Å²) in [7, 11) is 0. The molecule has 0 bridgehead atoms. The highest BCUT2D eigenvalue weighted by Gasteiger charge is 2.40. The van der Waals surface area contributed by atoms with Crippen molar-refractivity contribution in [2.24, 2.45) is 5.41 Å². The molecule has 1 aromatic rings. The summed E-state index contributed by atoms with van der Waals surface area (Å²) in [5, 5.41) is 3.27. The lowest BCUT2D eigenvalue weighted by Gasteiger charge is -2.34. The van der Waals surface area contributed by atoms with E-state index in [0.717, 1.165) is 32.4 Å². The van der Waals surface area contributed by atoms with E-state index in [4.69, 9.17) is 9.47 Å². The van der Waals surface area contributed by atoms with Gasteiger partial charge < -0.3 is 14.8 Å². The molecule has 1 aromatic heterocycles. The van der Waals surface area contributed by atoms with Crippen molar-refractivity contribution in [2.75, 3.05) is 19.7 Å². The molecule has 0 saturated carbocycles. The summed E-state index contributed by atoms with van der Waals surface area (Å²) in [5.74, 6) is -0.148. The summed E-state index contributed by atoms with van der Waals surface area (Å²) in [4.78, 5) is 37.7. The molecule has 2 unspecified atom stereocenters. The Morgan fingerprint density at radius 3 is 2.80 bits per heavy atom. The largest absolute Gasteiger partial charge is 0.462 e. The van der Waals surface area contributed by atoms with Crippen molar-refractivity contribution in [3.8, 4) is 0 Å². The average Bonchev–Trinajstić information content (AvgIpc) is 3.09. The van der Waals surface area contributed by atoms with Crippen LogP contribution < -0.4 is 16.6 Å². The second-order valence-electron chi connectivity index (χ2n) is 6.79. The third-order valence-corrected chi connectivity index (χ3v) is 5.32. The fourth-order valence-electron chi connectivity index (χ4n) is 3.60. The monoisotopic (exact) mass is 351 g/mol. The molecule has 2 aliphatic rings. The van der Waals surface area contributed by atoms with E-state index in [9.17, 15) is 14.4 Å². The number of carbonyl (C=O) groups is 1. The number of aromatic nitrogens is 2. The summed E-state index contributed by atoms with van der Waals surface area (Å²) in [6.07, 6.45) is 4.46.